The van der Waals surface area contributed by atoms with Gasteiger partial charge >= 0.3 is 5.97 Å². The lowest BCUT2D eigenvalue weighted by Crippen LogP contribution is -2.04. The van der Waals surface area contributed by atoms with Gasteiger partial charge in [-0.25, -0.2) is 9.18 Å². The Hall–Kier alpha value is -2.67. The summed E-state index contributed by atoms with van der Waals surface area (Å²) in [5.74, 6) is -2.05. The summed E-state index contributed by atoms with van der Waals surface area (Å²) >= 11 is 5.83. The molecular formula is C13H8ClFN2O4. The summed E-state index contributed by atoms with van der Waals surface area (Å²) in [7, 11) is 0. The largest absolute Gasteiger partial charge is 0.477 e. The standard InChI is InChI=1S/C13H8ClFN2O4/c14-9-2-1-3-10(15)12(9)16-7-4-5-8(13(18)19)11(6-7)17(20)21/h1-6,16H,(H,18,19). The van der Waals surface area contributed by atoms with E-state index in [1.165, 1.54) is 24.3 Å². The van der Waals surface area contributed by atoms with Crippen LogP contribution in [0.2, 0.25) is 5.02 Å². The molecule has 108 valence electrons. The fourth-order valence-corrected chi connectivity index (χ4v) is 1.91. The van der Waals surface area contributed by atoms with E-state index in [-0.39, 0.29) is 16.4 Å². The molecule has 2 rings (SSSR count). The molecule has 6 nitrogen and oxygen atoms in total. The van der Waals surface area contributed by atoms with Crippen LogP contribution in [0.25, 0.3) is 0 Å². The number of benzene rings is 2. The Morgan fingerprint density at radius 1 is 1.33 bits per heavy atom. The van der Waals surface area contributed by atoms with Crippen LogP contribution in [0, 0.1) is 15.9 Å². The molecule has 0 radical (unpaired) electrons. The third-order valence-corrected chi connectivity index (χ3v) is 2.97. The molecule has 0 aliphatic carbocycles. The Bertz CT molecular complexity index is 716. The fraction of sp³-hybridized carbons (Fsp3) is 0. The van der Waals surface area contributed by atoms with E-state index < -0.39 is 28.0 Å². The van der Waals surface area contributed by atoms with Gasteiger partial charge in [-0.1, -0.05) is 17.7 Å². The van der Waals surface area contributed by atoms with E-state index >= 15 is 0 Å². The number of nitro benzene ring substituents is 1. The van der Waals surface area contributed by atoms with E-state index in [9.17, 15) is 19.3 Å². The van der Waals surface area contributed by atoms with Gasteiger partial charge in [-0.05, 0) is 24.3 Å². The normalized spacial score (nSPS) is 10.2. The van der Waals surface area contributed by atoms with E-state index in [2.05, 4.69) is 5.32 Å². The number of nitrogens with one attached hydrogen (secondary N) is 1. The monoisotopic (exact) mass is 310 g/mol. The number of para-hydroxylation sites is 1. The number of hydrogen-bond donors (Lipinski definition) is 2. The average molecular weight is 311 g/mol. The number of anilines is 2. The summed E-state index contributed by atoms with van der Waals surface area (Å²) in [6, 6.07) is 7.41. The lowest BCUT2D eigenvalue weighted by atomic mass is 10.1. The van der Waals surface area contributed by atoms with E-state index in [0.29, 0.717) is 0 Å². The number of carboxylic acid groups (broad SMARTS) is 1. The third kappa shape index (κ3) is 3.09. The number of carbonyl (C=O) groups is 1. The molecule has 0 aliphatic rings. The second-order valence-corrected chi connectivity index (χ2v) is 4.42. The minimum atomic E-state index is -1.42. The predicted octanol–water partition coefficient (Wildman–Crippen LogP) is 3.83. The van der Waals surface area contributed by atoms with Crippen molar-refractivity contribution in [3.63, 3.8) is 0 Å². The second-order valence-electron chi connectivity index (χ2n) is 4.02. The molecule has 21 heavy (non-hydrogen) atoms. The second kappa shape index (κ2) is 5.76. The van der Waals surface area contributed by atoms with Gasteiger partial charge in [0, 0.05) is 11.8 Å². The number of nitrogens with zero attached hydrogens (tertiary/aromatic N) is 1. The molecule has 0 unspecified atom stereocenters. The van der Waals surface area contributed by atoms with Crippen LogP contribution in [0.5, 0.6) is 0 Å². The Morgan fingerprint density at radius 3 is 2.62 bits per heavy atom. The van der Waals surface area contributed by atoms with Crippen molar-refractivity contribution in [2.75, 3.05) is 5.32 Å². The zero-order valence-electron chi connectivity index (χ0n) is 10.3. The maximum Gasteiger partial charge on any atom is 0.342 e. The van der Waals surface area contributed by atoms with Crippen LogP contribution < -0.4 is 5.32 Å². The van der Waals surface area contributed by atoms with E-state index in [1.54, 1.807) is 0 Å². The van der Waals surface area contributed by atoms with Crippen LogP contribution in [0.3, 0.4) is 0 Å². The first-order valence-electron chi connectivity index (χ1n) is 5.63. The van der Waals surface area contributed by atoms with Crippen molar-refractivity contribution in [3.8, 4) is 0 Å². The quantitative estimate of drug-likeness (QED) is 0.661. The maximum absolute atomic E-state index is 13.6. The molecule has 0 bridgehead atoms. The molecule has 2 aromatic carbocycles. The number of hydrogen-bond acceptors (Lipinski definition) is 4. The highest BCUT2D eigenvalue weighted by Gasteiger charge is 2.20. The van der Waals surface area contributed by atoms with Crippen molar-refractivity contribution >= 4 is 34.6 Å². The zero-order chi connectivity index (χ0) is 15.6. The fourth-order valence-electron chi connectivity index (χ4n) is 1.70. The first-order valence-corrected chi connectivity index (χ1v) is 6.00. The number of aromatic carboxylic acids is 1. The Balaban J connectivity index is 2.44. The lowest BCUT2D eigenvalue weighted by Gasteiger charge is -2.10. The first-order chi connectivity index (χ1) is 9.90. The van der Waals surface area contributed by atoms with Crippen molar-refractivity contribution in [1.29, 1.82) is 0 Å². The highest BCUT2D eigenvalue weighted by atomic mass is 35.5. The Kier molecular flexibility index (Phi) is 4.04. The summed E-state index contributed by atoms with van der Waals surface area (Å²) in [4.78, 5) is 21.0. The molecule has 0 atom stereocenters. The van der Waals surface area contributed by atoms with Crippen LogP contribution >= 0.6 is 11.6 Å². The van der Waals surface area contributed by atoms with Gasteiger partial charge in [0.1, 0.15) is 11.4 Å². The van der Waals surface area contributed by atoms with Gasteiger partial charge in [-0.15, -0.1) is 0 Å². The number of rotatable bonds is 4. The SMILES string of the molecule is O=C(O)c1ccc(Nc2c(F)cccc2Cl)cc1[N+](=O)[O-]. The van der Waals surface area contributed by atoms with Crippen molar-refractivity contribution in [2.45, 2.75) is 0 Å². The summed E-state index contributed by atoms with van der Waals surface area (Å²) in [6.07, 6.45) is 0. The predicted molar refractivity (Wildman–Crippen MR) is 74.7 cm³/mol. The number of carboxylic acids is 1. The van der Waals surface area contributed by atoms with Crippen LogP contribution in [0.15, 0.2) is 36.4 Å². The van der Waals surface area contributed by atoms with Crippen molar-refractivity contribution in [2.24, 2.45) is 0 Å². The highest BCUT2D eigenvalue weighted by Crippen LogP contribution is 2.30. The van der Waals surface area contributed by atoms with Crippen molar-refractivity contribution in [1.82, 2.24) is 0 Å². The Morgan fingerprint density at radius 2 is 2.05 bits per heavy atom. The molecule has 0 fully saturated rings. The lowest BCUT2D eigenvalue weighted by molar-refractivity contribution is -0.385. The van der Waals surface area contributed by atoms with Gasteiger partial charge in [0.25, 0.3) is 5.69 Å². The maximum atomic E-state index is 13.6. The topological polar surface area (TPSA) is 92.5 Å². The van der Waals surface area contributed by atoms with E-state index in [0.717, 1.165) is 12.1 Å². The molecule has 0 saturated carbocycles. The van der Waals surface area contributed by atoms with Gasteiger partial charge in [-0.2, -0.15) is 0 Å². The number of nitro groups is 1. The van der Waals surface area contributed by atoms with Crippen LogP contribution in [0.4, 0.5) is 21.5 Å². The minimum Gasteiger partial charge on any atom is -0.477 e. The first kappa shape index (κ1) is 14.7. The molecule has 2 aromatic rings. The van der Waals surface area contributed by atoms with Gasteiger partial charge in [0.2, 0.25) is 0 Å². The molecule has 0 amide bonds. The molecule has 0 spiro atoms. The van der Waals surface area contributed by atoms with Crippen LogP contribution in [0.1, 0.15) is 10.4 Å². The summed E-state index contributed by atoms with van der Waals surface area (Å²) in [6.45, 7) is 0. The van der Waals surface area contributed by atoms with Gasteiger partial charge in [0.15, 0.2) is 0 Å². The van der Waals surface area contributed by atoms with Crippen LogP contribution in [-0.2, 0) is 0 Å². The van der Waals surface area contributed by atoms with E-state index in [4.69, 9.17) is 16.7 Å². The van der Waals surface area contributed by atoms with Crippen molar-refractivity contribution in [3.05, 3.63) is 62.9 Å². The van der Waals surface area contributed by atoms with Gasteiger partial charge in [-0.3, -0.25) is 10.1 Å². The summed E-state index contributed by atoms with van der Waals surface area (Å²) < 4.78 is 13.6. The van der Waals surface area contributed by atoms with Crippen molar-refractivity contribution < 1.29 is 19.2 Å². The molecule has 2 N–H and O–H groups in total. The summed E-state index contributed by atoms with van der Waals surface area (Å²) in [5.41, 5.74) is -0.944. The van der Waals surface area contributed by atoms with Crippen LogP contribution in [-0.4, -0.2) is 16.0 Å². The average Bonchev–Trinajstić information content (AvgIpc) is 2.42. The van der Waals surface area contributed by atoms with Gasteiger partial charge < -0.3 is 10.4 Å². The zero-order valence-corrected chi connectivity index (χ0v) is 11.1. The molecule has 0 heterocycles. The smallest absolute Gasteiger partial charge is 0.342 e. The highest BCUT2D eigenvalue weighted by molar-refractivity contribution is 6.33. The Labute approximate surface area is 122 Å². The minimum absolute atomic E-state index is 0.0449. The van der Waals surface area contributed by atoms with E-state index in [1.807, 2.05) is 0 Å². The summed E-state index contributed by atoms with van der Waals surface area (Å²) in [5, 5.41) is 22.5. The molecule has 8 heteroatoms. The molecule has 0 aromatic heterocycles. The number of halogens is 2. The third-order valence-electron chi connectivity index (χ3n) is 2.66. The van der Waals surface area contributed by atoms with Gasteiger partial charge in [0.05, 0.1) is 15.6 Å². The molecule has 0 aliphatic heterocycles. The molecular weight excluding hydrogens is 303 g/mol. The molecule has 0 saturated heterocycles.